The second-order valence-corrected chi connectivity index (χ2v) is 7.59. The van der Waals surface area contributed by atoms with E-state index in [0.717, 1.165) is 5.56 Å². The van der Waals surface area contributed by atoms with Crippen LogP contribution >= 0.6 is 0 Å². The third-order valence-electron chi connectivity index (χ3n) is 5.50. The molecule has 2 unspecified atom stereocenters. The van der Waals surface area contributed by atoms with Gasteiger partial charge in [0.1, 0.15) is 6.73 Å². The summed E-state index contributed by atoms with van der Waals surface area (Å²) >= 11 is 0. The van der Waals surface area contributed by atoms with Crippen molar-refractivity contribution >= 4 is 5.97 Å². The van der Waals surface area contributed by atoms with Gasteiger partial charge >= 0.3 is 18.9 Å². The largest absolute Gasteiger partial charge is 0.586 e. The molecular weight excluding hydrogens is 434 g/mol. The summed E-state index contributed by atoms with van der Waals surface area (Å²) in [7, 11) is 0. The van der Waals surface area contributed by atoms with Crippen LogP contribution < -0.4 is 9.47 Å². The number of nitrogens with zero attached hydrogens (tertiary/aromatic N) is 1. The van der Waals surface area contributed by atoms with Crippen LogP contribution in [0, 0.1) is 0 Å². The van der Waals surface area contributed by atoms with E-state index in [1.807, 2.05) is 0 Å². The molecule has 0 spiro atoms. The molecule has 1 saturated heterocycles. The molecule has 6 nitrogen and oxygen atoms in total. The minimum atomic E-state index is -3.71. The molecule has 10 heteroatoms. The number of likely N-dealkylation sites (tertiary alicyclic amines) is 1. The Morgan fingerprint density at radius 3 is 2.59 bits per heavy atom. The lowest BCUT2D eigenvalue weighted by molar-refractivity contribution is -0.286. The number of rotatable bonds is 7. The number of hydrogen-bond acceptors (Lipinski definition) is 6. The van der Waals surface area contributed by atoms with E-state index in [2.05, 4.69) is 14.2 Å². The van der Waals surface area contributed by atoms with E-state index in [0.29, 0.717) is 24.9 Å². The molecule has 0 aromatic heterocycles. The minimum absolute atomic E-state index is 0.0496. The fourth-order valence-corrected chi connectivity index (χ4v) is 3.92. The number of piperidine rings is 1. The molecule has 0 amide bonds. The van der Waals surface area contributed by atoms with Crippen molar-refractivity contribution in [3.05, 3.63) is 59.7 Å². The maximum Gasteiger partial charge on any atom is 0.586 e. The highest BCUT2D eigenvalue weighted by atomic mass is 19.3. The highest BCUT2D eigenvalue weighted by Crippen LogP contribution is 2.43. The summed E-state index contributed by atoms with van der Waals surface area (Å²) < 4.78 is 70.6. The lowest BCUT2D eigenvalue weighted by Gasteiger charge is -2.39. The van der Waals surface area contributed by atoms with Gasteiger partial charge in [0.05, 0.1) is 12.2 Å². The highest BCUT2D eigenvalue weighted by Gasteiger charge is 2.43. The van der Waals surface area contributed by atoms with Gasteiger partial charge < -0.3 is 18.9 Å². The molecule has 2 aromatic rings. The third-order valence-corrected chi connectivity index (χ3v) is 5.50. The van der Waals surface area contributed by atoms with Crippen molar-refractivity contribution in [2.75, 3.05) is 19.9 Å². The second-order valence-electron chi connectivity index (χ2n) is 7.59. The molecule has 2 aliphatic heterocycles. The summed E-state index contributed by atoms with van der Waals surface area (Å²) in [5.74, 6) is -0.757. The van der Waals surface area contributed by atoms with Crippen molar-refractivity contribution in [3.8, 4) is 11.5 Å². The van der Waals surface area contributed by atoms with Gasteiger partial charge in [0.25, 0.3) is 0 Å². The van der Waals surface area contributed by atoms with Gasteiger partial charge in [-0.3, -0.25) is 4.90 Å². The fraction of sp³-hybridized carbons (Fsp3) is 0.409. The van der Waals surface area contributed by atoms with Gasteiger partial charge in [-0.2, -0.15) is 8.78 Å². The number of esters is 1. The van der Waals surface area contributed by atoms with Gasteiger partial charge in [-0.25, -0.2) is 4.79 Å². The first-order chi connectivity index (χ1) is 15.3. The summed E-state index contributed by atoms with van der Waals surface area (Å²) in [6, 6.07) is 12.6. The van der Waals surface area contributed by atoms with Crippen LogP contribution in [0.5, 0.6) is 11.5 Å². The molecule has 0 bridgehead atoms. The molecule has 1 fully saturated rings. The maximum absolute atomic E-state index is 13.3. The smallest absolute Gasteiger partial charge is 0.446 e. The molecular formula is C22H21F4NO5. The van der Waals surface area contributed by atoms with Gasteiger partial charge in [0.2, 0.25) is 0 Å². The van der Waals surface area contributed by atoms with Gasteiger partial charge in [-0.15, -0.1) is 8.78 Å². The maximum atomic E-state index is 13.3. The molecule has 2 aromatic carbocycles. The Labute approximate surface area is 181 Å². The van der Waals surface area contributed by atoms with Crippen LogP contribution in [-0.2, 0) is 9.47 Å². The SMILES string of the molecule is O=C(OCN1CC(c2ccc3c(c2)OC(F)(F)O3)CCC1COC(F)F)c1ccccc1. The van der Waals surface area contributed by atoms with Crippen LogP contribution in [-0.4, -0.2) is 49.7 Å². The predicted octanol–water partition coefficient (Wildman–Crippen LogP) is 4.61. The molecule has 4 rings (SSSR count). The molecule has 32 heavy (non-hydrogen) atoms. The Morgan fingerprint density at radius 1 is 1.09 bits per heavy atom. The number of halogens is 4. The Bertz CT molecular complexity index is 943. The van der Waals surface area contributed by atoms with Crippen molar-refractivity contribution in [2.24, 2.45) is 0 Å². The average Bonchev–Trinajstić information content (AvgIpc) is 3.09. The Kier molecular flexibility index (Phi) is 6.52. The highest BCUT2D eigenvalue weighted by molar-refractivity contribution is 5.89. The Hall–Kier alpha value is -2.85. The van der Waals surface area contributed by atoms with Gasteiger partial charge in [-0.1, -0.05) is 24.3 Å². The summed E-state index contributed by atoms with van der Waals surface area (Å²) in [6.45, 7) is -2.89. The third kappa shape index (κ3) is 5.31. The number of carbonyl (C=O) groups is 1. The van der Waals surface area contributed by atoms with Crippen molar-refractivity contribution < 1.29 is 41.3 Å². The van der Waals surface area contributed by atoms with Crippen LogP contribution in [0.25, 0.3) is 0 Å². The summed E-state index contributed by atoms with van der Waals surface area (Å²) in [5.41, 5.74) is 1.11. The Morgan fingerprint density at radius 2 is 1.84 bits per heavy atom. The molecule has 0 aliphatic carbocycles. The number of alkyl halides is 4. The fourth-order valence-electron chi connectivity index (χ4n) is 3.92. The van der Waals surface area contributed by atoms with Crippen LogP contribution in [0.1, 0.15) is 34.7 Å². The quantitative estimate of drug-likeness (QED) is 0.449. The van der Waals surface area contributed by atoms with E-state index in [-0.39, 0.29) is 36.8 Å². The van der Waals surface area contributed by atoms with Crippen LogP contribution in [0.3, 0.4) is 0 Å². The molecule has 0 radical (unpaired) electrons. The zero-order chi connectivity index (χ0) is 22.7. The van der Waals surface area contributed by atoms with E-state index in [1.54, 1.807) is 41.3 Å². The van der Waals surface area contributed by atoms with Gasteiger partial charge in [0.15, 0.2) is 11.5 Å². The standard InChI is InChI=1S/C22H21F4NO5/c23-21(24)29-12-17-8-6-16(15-7-9-18-19(10-15)32-22(25,26)31-18)11-27(17)13-30-20(28)14-4-2-1-3-5-14/h1-5,7,9-10,16-17,21H,6,8,11-13H2. The molecule has 2 heterocycles. The van der Waals surface area contributed by atoms with E-state index in [1.165, 1.54) is 12.1 Å². The predicted molar refractivity (Wildman–Crippen MR) is 104 cm³/mol. The molecule has 2 aliphatic rings. The number of carbonyl (C=O) groups excluding carboxylic acids is 1. The number of fused-ring (bicyclic) bond motifs is 1. The molecule has 172 valence electrons. The zero-order valence-corrected chi connectivity index (χ0v) is 16.9. The van der Waals surface area contributed by atoms with Gasteiger partial charge in [-0.05, 0) is 48.6 Å². The topological polar surface area (TPSA) is 57.2 Å². The lowest BCUT2D eigenvalue weighted by Crippen LogP contribution is -2.46. The van der Waals surface area contributed by atoms with Crippen LogP contribution in [0.4, 0.5) is 17.6 Å². The normalized spacial score (nSPS) is 22.2. The van der Waals surface area contributed by atoms with Gasteiger partial charge in [0, 0.05) is 12.6 Å². The number of hydrogen-bond donors (Lipinski definition) is 0. The number of ether oxygens (including phenoxy) is 4. The summed E-state index contributed by atoms with van der Waals surface area (Å²) in [6.07, 6.45) is -2.61. The molecule has 2 atom stereocenters. The van der Waals surface area contributed by atoms with Crippen molar-refractivity contribution in [2.45, 2.75) is 37.7 Å². The molecule has 0 saturated carbocycles. The monoisotopic (exact) mass is 455 g/mol. The van der Waals surface area contributed by atoms with Crippen molar-refractivity contribution in [1.29, 1.82) is 0 Å². The van der Waals surface area contributed by atoms with E-state index < -0.39 is 18.9 Å². The van der Waals surface area contributed by atoms with E-state index in [9.17, 15) is 22.4 Å². The first-order valence-electron chi connectivity index (χ1n) is 10.1. The first-order valence-corrected chi connectivity index (χ1v) is 10.1. The summed E-state index contributed by atoms with van der Waals surface area (Å²) in [5, 5.41) is 0. The van der Waals surface area contributed by atoms with Crippen LogP contribution in [0.15, 0.2) is 48.5 Å². The second kappa shape index (κ2) is 9.33. The molecule has 0 N–H and O–H groups in total. The zero-order valence-electron chi connectivity index (χ0n) is 16.9. The number of benzene rings is 2. The van der Waals surface area contributed by atoms with E-state index >= 15 is 0 Å². The summed E-state index contributed by atoms with van der Waals surface area (Å²) in [4.78, 5) is 14.0. The van der Waals surface area contributed by atoms with E-state index in [4.69, 9.17) is 4.74 Å². The van der Waals surface area contributed by atoms with Crippen molar-refractivity contribution in [1.82, 2.24) is 4.90 Å². The van der Waals surface area contributed by atoms with Crippen LogP contribution in [0.2, 0.25) is 0 Å². The Balaban J connectivity index is 1.45. The average molecular weight is 455 g/mol. The first kappa shape index (κ1) is 22.3. The van der Waals surface area contributed by atoms with Crippen molar-refractivity contribution in [3.63, 3.8) is 0 Å². The lowest BCUT2D eigenvalue weighted by atomic mass is 9.87. The minimum Gasteiger partial charge on any atom is -0.446 e.